The van der Waals surface area contributed by atoms with Crippen molar-refractivity contribution in [3.05, 3.63) is 24.2 Å². The number of hydrazone groups is 1. The van der Waals surface area contributed by atoms with Crippen molar-refractivity contribution < 1.29 is 9.21 Å². The lowest BCUT2D eigenvalue weighted by Gasteiger charge is -2.01. The molecular formula is C12H16N2O2. The molecule has 1 heterocycles. The number of hydrogen-bond donors (Lipinski definition) is 1. The molecule has 0 radical (unpaired) electrons. The Morgan fingerprint density at radius 2 is 2.00 bits per heavy atom. The Hall–Kier alpha value is -1.58. The van der Waals surface area contributed by atoms with Crippen LogP contribution in [0.15, 0.2) is 27.9 Å². The predicted octanol–water partition coefficient (Wildman–Crippen LogP) is 2.72. The van der Waals surface area contributed by atoms with Crippen molar-refractivity contribution in [1.29, 1.82) is 0 Å². The summed E-state index contributed by atoms with van der Waals surface area (Å²) < 4.78 is 4.98. The van der Waals surface area contributed by atoms with Crippen LogP contribution in [-0.2, 0) is 0 Å². The maximum Gasteiger partial charge on any atom is 0.307 e. The lowest BCUT2D eigenvalue weighted by Crippen LogP contribution is -2.19. The summed E-state index contributed by atoms with van der Waals surface area (Å²) in [5.41, 5.74) is 3.63. The van der Waals surface area contributed by atoms with Crippen molar-refractivity contribution in [3.8, 4) is 0 Å². The molecule has 0 aromatic carbocycles. The molecule has 4 nitrogen and oxygen atoms in total. The van der Waals surface area contributed by atoms with Gasteiger partial charge in [-0.1, -0.05) is 12.8 Å². The van der Waals surface area contributed by atoms with Crippen LogP contribution in [0.5, 0.6) is 0 Å². The zero-order valence-corrected chi connectivity index (χ0v) is 9.24. The quantitative estimate of drug-likeness (QED) is 0.615. The van der Waals surface area contributed by atoms with Crippen molar-refractivity contribution >= 4 is 11.6 Å². The molecule has 0 bridgehead atoms. The van der Waals surface area contributed by atoms with Gasteiger partial charge in [-0.2, -0.15) is 5.10 Å². The van der Waals surface area contributed by atoms with Gasteiger partial charge in [0.05, 0.1) is 6.26 Å². The molecule has 1 aromatic heterocycles. The van der Waals surface area contributed by atoms with Crippen LogP contribution in [0.2, 0.25) is 0 Å². The van der Waals surface area contributed by atoms with Gasteiger partial charge in [0.1, 0.15) is 0 Å². The Morgan fingerprint density at radius 1 is 1.25 bits per heavy atom. The van der Waals surface area contributed by atoms with Gasteiger partial charge < -0.3 is 4.42 Å². The number of carbonyl (C=O) groups is 1. The summed E-state index contributed by atoms with van der Waals surface area (Å²) in [6.07, 6.45) is 8.37. The highest BCUT2D eigenvalue weighted by Crippen LogP contribution is 2.14. The zero-order valence-electron chi connectivity index (χ0n) is 9.24. The molecule has 0 spiro atoms. The molecule has 86 valence electrons. The molecule has 1 amide bonds. The molecule has 0 aliphatic heterocycles. The van der Waals surface area contributed by atoms with Crippen molar-refractivity contribution in [2.75, 3.05) is 0 Å². The highest BCUT2D eigenvalue weighted by molar-refractivity contribution is 5.93. The summed E-state index contributed by atoms with van der Waals surface area (Å²) in [5, 5.41) is 4.16. The number of hydrogen-bond acceptors (Lipinski definition) is 3. The maximum atomic E-state index is 11.5. The summed E-state index contributed by atoms with van der Waals surface area (Å²) in [6.45, 7) is 0. The van der Waals surface area contributed by atoms with Gasteiger partial charge >= 0.3 is 5.91 Å². The van der Waals surface area contributed by atoms with Gasteiger partial charge in [-0.15, -0.1) is 0 Å². The highest BCUT2D eigenvalue weighted by atomic mass is 16.3. The Bertz CT molecular complexity index is 358. The zero-order chi connectivity index (χ0) is 11.2. The van der Waals surface area contributed by atoms with Gasteiger partial charge in [0.15, 0.2) is 5.76 Å². The van der Waals surface area contributed by atoms with E-state index in [4.69, 9.17) is 4.42 Å². The van der Waals surface area contributed by atoms with E-state index < -0.39 is 0 Å². The fraction of sp³-hybridized carbons (Fsp3) is 0.500. The van der Waals surface area contributed by atoms with Crippen molar-refractivity contribution in [1.82, 2.24) is 5.43 Å². The molecule has 16 heavy (non-hydrogen) atoms. The second kappa shape index (κ2) is 5.49. The summed E-state index contributed by atoms with van der Waals surface area (Å²) in [5.74, 6) is 0.0275. The van der Waals surface area contributed by atoms with Crippen LogP contribution in [0.1, 0.15) is 49.1 Å². The molecule has 1 saturated carbocycles. The minimum absolute atomic E-state index is 0.276. The van der Waals surface area contributed by atoms with E-state index in [1.165, 1.54) is 31.9 Å². The number of amides is 1. The van der Waals surface area contributed by atoms with Crippen LogP contribution in [0.25, 0.3) is 0 Å². The first-order valence-electron chi connectivity index (χ1n) is 5.75. The number of nitrogens with zero attached hydrogens (tertiary/aromatic N) is 1. The monoisotopic (exact) mass is 220 g/mol. The average molecular weight is 220 g/mol. The van der Waals surface area contributed by atoms with E-state index in [-0.39, 0.29) is 5.91 Å². The lowest BCUT2D eigenvalue weighted by atomic mass is 10.2. The summed E-state index contributed by atoms with van der Waals surface area (Å²) in [4.78, 5) is 11.5. The molecule has 0 unspecified atom stereocenters. The number of carbonyl (C=O) groups excluding carboxylic acids is 1. The summed E-state index contributed by atoms with van der Waals surface area (Å²) >= 11 is 0. The number of nitrogens with one attached hydrogen (secondary N) is 1. The second-order valence-corrected chi connectivity index (χ2v) is 4.01. The van der Waals surface area contributed by atoms with Gasteiger partial charge in [-0.25, -0.2) is 5.43 Å². The van der Waals surface area contributed by atoms with E-state index in [0.29, 0.717) is 5.76 Å². The molecule has 4 heteroatoms. The molecule has 0 atom stereocenters. The minimum Gasteiger partial charge on any atom is -0.459 e. The largest absolute Gasteiger partial charge is 0.459 e. The Morgan fingerprint density at radius 3 is 2.62 bits per heavy atom. The van der Waals surface area contributed by atoms with Crippen LogP contribution in [0.4, 0.5) is 0 Å². The van der Waals surface area contributed by atoms with Crippen molar-refractivity contribution in [2.24, 2.45) is 5.10 Å². The van der Waals surface area contributed by atoms with E-state index in [9.17, 15) is 4.79 Å². The average Bonchev–Trinajstić information content (AvgIpc) is 2.71. The molecule has 0 saturated heterocycles. The molecule has 1 aliphatic rings. The van der Waals surface area contributed by atoms with E-state index in [1.54, 1.807) is 12.1 Å². The standard InChI is InChI=1S/C12H16N2O2/c15-12(11-8-5-9-16-11)14-13-10-6-3-1-2-4-7-10/h5,8-9H,1-4,6-7H2,(H,14,15). The first-order chi connectivity index (χ1) is 7.86. The van der Waals surface area contributed by atoms with Crippen molar-refractivity contribution in [3.63, 3.8) is 0 Å². The number of rotatable bonds is 2. The van der Waals surface area contributed by atoms with Gasteiger partial charge in [-0.3, -0.25) is 4.79 Å². The maximum absolute atomic E-state index is 11.5. The van der Waals surface area contributed by atoms with Gasteiger partial charge in [0.25, 0.3) is 0 Å². The highest BCUT2D eigenvalue weighted by Gasteiger charge is 2.09. The molecule has 1 aromatic rings. The van der Waals surface area contributed by atoms with Gasteiger partial charge in [-0.05, 0) is 37.8 Å². The topological polar surface area (TPSA) is 54.6 Å². The summed E-state index contributed by atoms with van der Waals surface area (Å²) in [6, 6.07) is 3.32. The Kier molecular flexibility index (Phi) is 3.75. The van der Waals surface area contributed by atoms with E-state index >= 15 is 0 Å². The van der Waals surface area contributed by atoms with Gasteiger partial charge in [0, 0.05) is 5.71 Å². The van der Waals surface area contributed by atoms with Crippen LogP contribution in [0.3, 0.4) is 0 Å². The normalized spacial score (nSPS) is 16.6. The van der Waals surface area contributed by atoms with Crippen LogP contribution >= 0.6 is 0 Å². The third-order valence-corrected chi connectivity index (χ3v) is 2.74. The first kappa shape index (κ1) is 10.9. The molecule has 1 N–H and O–H groups in total. The molecule has 1 fully saturated rings. The molecule has 1 aliphatic carbocycles. The third kappa shape index (κ3) is 2.95. The SMILES string of the molecule is O=C(NN=C1CCCCCC1)c1ccco1. The van der Waals surface area contributed by atoms with Crippen LogP contribution in [0, 0.1) is 0 Å². The third-order valence-electron chi connectivity index (χ3n) is 2.74. The van der Waals surface area contributed by atoms with E-state index in [0.717, 1.165) is 18.6 Å². The second-order valence-electron chi connectivity index (χ2n) is 4.01. The fourth-order valence-corrected chi connectivity index (χ4v) is 1.84. The van der Waals surface area contributed by atoms with E-state index in [1.807, 2.05) is 0 Å². The smallest absolute Gasteiger partial charge is 0.307 e. The van der Waals surface area contributed by atoms with Crippen molar-refractivity contribution in [2.45, 2.75) is 38.5 Å². The predicted molar refractivity (Wildman–Crippen MR) is 61.3 cm³/mol. The molecular weight excluding hydrogens is 204 g/mol. The summed E-state index contributed by atoms with van der Waals surface area (Å²) in [7, 11) is 0. The minimum atomic E-state index is -0.276. The van der Waals surface area contributed by atoms with E-state index in [2.05, 4.69) is 10.5 Å². The Labute approximate surface area is 94.7 Å². The van der Waals surface area contributed by atoms with Crippen LogP contribution in [-0.4, -0.2) is 11.6 Å². The fourth-order valence-electron chi connectivity index (χ4n) is 1.84. The lowest BCUT2D eigenvalue weighted by molar-refractivity contribution is 0.0927. The first-order valence-corrected chi connectivity index (χ1v) is 5.75. The van der Waals surface area contributed by atoms with Crippen LogP contribution < -0.4 is 5.43 Å². The van der Waals surface area contributed by atoms with Gasteiger partial charge in [0.2, 0.25) is 0 Å². The Balaban J connectivity index is 1.89. The molecule has 2 rings (SSSR count). The number of furan rings is 1.